The van der Waals surface area contributed by atoms with Gasteiger partial charge in [-0.3, -0.25) is 0 Å². The average molecular weight is 323 g/mol. The highest BCUT2D eigenvalue weighted by Crippen LogP contribution is 2.35. The molecule has 2 aromatic carbocycles. The number of nitrogens with zero attached hydrogens (tertiary/aromatic N) is 4. The standard InChI is InChI=1S/C17H17N5O2/c1-11-5-3-4-6-13(11)22-17(19-20-21-22)16(18-2)12-7-8-14-15(9-12)24-10-23-14/h3-9,16,18H,10H2,1-2H3. The summed E-state index contributed by atoms with van der Waals surface area (Å²) in [5, 5.41) is 15.6. The molecular weight excluding hydrogens is 306 g/mol. The number of para-hydroxylation sites is 1. The molecule has 24 heavy (non-hydrogen) atoms. The van der Waals surface area contributed by atoms with Crippen molar-refractivity contribution < 1.29 is 9.47 Å². The predicted octanol–water partition coefficient (Wildman–Crippen LogP) is 2.01. The van der Waals surface area contributed by atoms with Crippen molar-refractivity contribution in [2.45, 2.75) is 13.0 Å². The van der Waals surface area contributed by atoms with Crippen LogP contribution in [0.2, 0.25) is 0 Å². The van der Waals surface area contributed by atoms with Gasteiger partial charge in [0.05, 0.1) is 11.7 Å². The zero-order valence-corrected chi connectivity index (χ0v) is 13.4. The van der Waals surface area contributed by atoms with Crippen molar-refractivity contribution in [3.05, 3.63) is 59.4 Å². The Morgan fingerprint density at radius 1 is 1.12 bits per heavy atom. The molecule has 0 fully saturated rings. The molecular formula is C17H17N5O2. The first kappa shape index (κ1) is 14.6. The van der Waals surface area contributed by atoms with Crippen molar-refractivity contribution in [2.75, 3.05) is 13.8 Å². The van der Waals surface area contributed by atoms with Crippen LogP contribution in [-0.4, -0.2) is 34.0 Å². The van der Waals surface area contributed by atoms with Crippen molar-refractivity contribution in [2.24, 2.45) is 0 Å². The number of hydrogen-bond acceptors (Lipinski definition) is 6. The third-order valence-corrected chi connectivity index (χ3v) is 4.11. The molecule has 0 saturated carbocycles. The molecule has 1 aliphatic rings. The quantitative estimate of drug-likeness (QED) is 0.792. The van der Waals surface area contributed by atoms with Gasteiger partial charge >= 0.3 is 0 Å². The van der Waals surface area contributed by atoms with Gasteiger partial charge in [-0.05, 0) is 53.7 Å². The average Bonchev–Trinajstić information content (AvgIpc) is 3.25. The Hall–Kier alpha value is -2.93. The minimum absolute atomic E-state index is 0.172. The summed E-state index contributed by atoms with van der Waals surface area (Å²) in [4.78, 5) is 0. The summed E-state index contributed by atoms with van der Waals surface area (Å²) in [6.07, 6.45) is 0. The first-order valence-electron chi connectivity index (χ1n) is 7.69. The molecule has 1 N–H and O–H groups in total. The second-order valence-electron chi connectivity index (χ2n) is 5.57. The van der Waals surface area contributed by atoms with E-state index in [-0.39, 0.29) is 12.8 Å². The molecule has 122 valence electrons. The fourth-order valence-corrected chi connectivity index (χ4v) is 2.88. The van der Waals surface area contributed by atoms with Crippen molar-refractivity contribution in [3.8, 4) is 17.2 Å². The van der Waals surface area contributed by atoms with Crippen LogP contribution in [-0.2, 0) is 0 Å². The molecule has 0 bridgehead atoms. The number of aryl methyl sites for hydroxylation is 1. The number of rotatable bonds is 4. The Labute approximate surface area is 139 Å². The van der Waals surface area contributed by atoms with E-state index in [1.54, 1.807) is 4.68 Å². The third-order valence-electron chi connectivity index (χ3n) is 4.11. The molecule has 0 amide bonds. The minimum Gasteiger partial charge on any atom is -0.454 e. The maximum atomic E-state index is 5.48. The van der Waals surface area contributed by atoms with E-state index in [9.17, 15) is 0 Å². The highest BCUT2D eigenvalue weighted by Gasteiger charge is 2.23. The lowest BCUT2D eigenvalue weighted by molar-refractivity contribution is 0.174. The summed E-state index contributed by atoms with van der Waals surface area (Å²) in [5.74, 6) is 2.21. The zero-order valence-electron chi connectivity index (χ0n) is 13.4. The van der Waals surface area contributed by atoms with Gasteiger partial charge in [-0.15, -0.1) is 5.10 Å². The highest BCUT2D eigenvalue weighted by atomic mass is 16.7. The highest BCUT2D eigenvalue weighted by molar-refractivity contribution is 5.47. The van der Waals surface area contributed by atoms with E-state index in [2.05, 4.69) is 20.8 Å². The van der Waals surface area contributed by atoms with E-state index >= 15 is 0 Å². The van der Waals surface area contributed by atoms with E-state index in [1.807, 2.05) is 56.4 Å². The van der Waals surface area contributed by atoms with Gasteiger partial charge in [0.25, 0.3) is 0 Å². The molecule has 0 radical (unpaired) electrons. The number of aromatic nitrogens is 4. The first-order valence-corrected chi connectivity index (χ1v) is 7.69. The Balaban J connectivity index is 1.78. The molecule has 0 spiro atoms. The number of fused-ring (bicyclic) bond motifs is 1. The number of ether oxygens (including phenoxy) is 2. The zero-order chi connectivity index (χ0) is 16.5. The maximum absolute atomic E-state index is 5.48. The topological polar surface area (TPSA) is 74.1 Å². The SMILES string of the molecule is CNC(c1ccc2c(c1)OCO2)c1nnnn1-c1ccccc1C. The maximum Gasteiger partial charge on any atom is 0.231 e. The molecule has 1 aromatic heterocycles. The first-order chi connectivity index (χ1) is 11.8. The van der Waals surface area contributed by atoms with E-state index in [0.717, 1.165) is 28.3 Å². The van der Waals surface area contributed by atoms with Gasteiger partial charge in [-0.25, -0.2) is 0 Å². The Kier molecular flexibility index (Phi) is 3.62. The molecule has 1 atom stereocenters. The van der Waals surface area contributed by atoms with Crippen LogP contribution in [0.5, 0.6) is 11.5 Å². The van der Waals surface area contributed by atoms with Gasteiger partial charge in [-0.1, -0.05) is 24.3 Å². The van der Waals surface area contributed by atoms with Crippen LogP contribution in [0.3, 0.4) is 0 Å². The molecule has 1 aliphatic heterocycles. The number of nitrogens with one attached hydrogen (secondary N) is 1. The van der Waals surface area contributed by atoms with Crippen LogP contribution >= 0.6 is 0 Å². The second-order valence-corrected chi connectivity index (χ2v) is 5.57. The second kappa shape index (κ2) is 5.93. The summed E-state index contributed by atoms with van der Waals surface area (Å²) < 4.78 is 12.6. The van der Waals surface area contributed by atoms with Gasteiger partial charge in [0.1, 0.15) is 0 Å². The van der Waals surface area contributed by atoms with Crippen molar-refractivity contribution >= 4 is 0 Å². The van der Waals surface area contributed by atoms with E-state index in [0.29, 0.717) is 5.82 Å². The fraction of sp³-hybridized carbons (Fsp3) is 0.235. The van der Waals surface area contributed by atoms with Gasteiger partial charge < -0.3 is 14.8 Å². The van der Waals surface area contributed by atoms with Crippen molar-refractivity contribution in [1.82, 2.24) is 25.5 Å². The lowest BCUT2D eigenvalue weighted by Crippen LogP contribution is -2.22. The van der Waals surface area contributed by atoms with Gasteiger partial charge in [0, 0.05) is 0 Å². The van der Waals surface area contributed by atoms with Gasteiger partial charge in [0.15, 0.2) is 17.3 Å². The van der Waals surface area contributed by atoms with Crippen LogP contribution in [0.15, 0.2) is 42.5 Å². The minimum atomic E-state index is -0.172. The van der Waals surface area contributed by atoms with Crippen LogP contribution in [0.25, 0.3) is 5.69 Å². The smallest absolute Gasteiger partial charge is 0.231 e. The Bertz CT molecular complexity index is 877. The van der Waals surface area contributed by atoms with Crippen molar-refractivity contribution in [1.29, 1.82) is 0 Å². The fourth-order valence-electron chi connectivity index (χ4n) is 2.88. The summed E-state index contributed by atoms with van der Waals surface area (Å²) in [7, 11) is 1.88. The molecule has 2 heterocycles. The monoisotopic (exact) mass is 323 g/mol. The van der Waals surface area contributed by atoms with Crippen LogP contribution in [0, 0.1) is 6.92 Å². The summed E-state index contributed by atoms with van der Waals surface area (Å²) in [6, 6.07) is 13.7. The normalized spacial score (nSPS) is 13.9. The lowest BCUT2D eigenvalue weighted by atomic mass is 10.1. The number of tetrazole rings is 1. The molecule has 0 saturated heterocycles. The van der Waals surface area contributed by atoms with Crippen LogP contribution in [0.4, 0.5) is 0 Å². The number of benzene rings is 2. The molecule has 7 nitrogen and oxygen atoms in total. The molecule has 1 unspecified atom stereocenters. The van der Waals surface area contributed by atoms with Crippen LogP contribution in [0.1, 0.15) is 23.0 Å². The predicted molar refractivity (Wildman–Crippen MR) is 87.4 cm³/mol. The van der Waals surface area contributed by atoms with E-state index < -0.39 is 0 Å². The lowest BCUT2D eigenvalue weighted by Gasteiger charge is -2.17. The Morgan fingerprint density at radius 3 is 2.79 bits per heavy atom. The summed E-state index contributed by atoms with van der Waals surface area (Å²) in [6.45, 7) is 2.29. The molecule has 7 heteroatoms. The molecule has 0 aliphatic carbocycles. The summed E-state index contributed by atoms with van der Waals surface area (Å²) >= 11 is 0. The third kappa shape index (κ3) is 2.39. The van der Waals surface area contributed by atoms with Crippen molar-refractivity contribution in [3.63, 3.8) is 0 Å². The van der Waals surface area contributed by atoms with E-state index in [1.165, 1.54) is 0 Å². The van der Waals surface area contributed by atoms with Gasteiger partial charge in [0.2, 0.25) is 6.79 Å². The van der Waals surface area contributed by atoms with E-state index in [4.69, 9.17) is 9.47 Å². The molecule has 3 aromatic rings. The van der Waals surface area contributed by atoms with Gasteiger partial charge in [-0.2, -0.15) is 4.68 Å². The Morgan fingerprint density at radius 2 is 1.96 bits per heavy atom. The molecule has 4 rings (SSSR count). The summed E-state index contributed by atoms with van der Waals surface area (Å²) in [5.41, 5.74) is 3.07. The number of hydrogen-bond donors (Lipinski definition) is 1. The largest absolute Gasteiger partial charge is 0.454 e. The van der Waals surface area contributed by atoms with Crippen LogP contribution < -0.4 is 14.8 Å².